The summed E-state index contributed by atoms with van der Waals surface area (Å²) in [4.78, 5) is 14.6. The Morgan fingerprint density at radius 3 is 2.54 bits per heavy atom. The van der Waals surface area contributed by atoms with Crippen LogP contribution in [0.25, 0.3) is 0 Å². The van der Waals surface area contributed by atoms with Gasteiger partial charge in [0.25, 0.3) is 0 Å². The maximum absolute atomic E-state index is 12.1. The van der Waals surface area contributed by atoms with Crippen LogP contribution in [0.15, 0.2) is 53.0 Å². The number of carbonyl (C=O) groups excluding carboxylic acids is 1. The second-order valence-electron chi connectivity index (χ2n) is 6.70. The fourth-order valence-corrected chi connectivity index (χ4v) is 4.21. The van der Waals surface area contributed by atoms with Gasteiger partial charge in [-0.15, -0.1) is 11.8 Å². The third-order valence-electron chi connectivity index (χ3n) is 4.50. The lowest BCUT2D eigenvalue weighted by molar-refractivity contribution is -0.118. The number of amides is 1. The maximum Gasteiger partial charge on any atom is 0.230 e. The summed E-state index contributed by atoms with van der Waals surface area (Å²) in [5.41, 5.74) is 3.75. The highest BCUT2D eigenvalue weighted by atomic mass is 79.9. The lowest BCUT2D eigenvalue weighted by Gasteiger charge is -2.15. The summed E-state index contributed by atoms with van der Waals surface area (Å²) in [7, 11) is 0. The maximum atomic E-state index is 12.1. The van der Waals surface area contributed by atoms with Crippen LogP contribution in [0.3, 0.4) is 0 Å². The lowest BCUT2D eigenvalue weighted by atomic mass is 10.1. The highest BCUT2D eigenvalue weighted by Crippen LogP contribution is 2.16. The SMILES string of the molecule is O=C(CSCc1ccc(Br)cc1)NCc1cccc(CN2CCCC2)c1. The quantitative estimate of drug-likeness (QED) is 0.661. The predicted molar refractivity (Wildman–Crippen MR) is 113 cm³/mol. The largest absolute Gasteiger partial charge is 0.351 e. The zero-order valence-electron chi connectivity index (χ0n) is 14.9. The molecule has 0 aromatic heterocycles. The molecule has 2 aromatic carbocycles. The fraction of sp³-hybridized carbons (Fsp3) is 0.381. The second kappa shape index (κ2) is 10.1. The van der Waals surface area contributed by atoms with Crippen molar-refractivity contribution in [3.8, 4) is 0 Å². The Bertz CT molecular complexity index is 714. The van der Waals surface area contributed by atoms with E-state index in [4.69, 9.17) is 0 Å². The summed E-state index contributed by atoms with van der Waals surface area (Å²) in [6.07, 6.45) is 2.63. The van der Waals surface area contributed by atoms with E-state index in [1.54, 1.807) is 11.8 Å². The molecule has 1 heterocycles. The molecule has 5 heteroatoms. The smallest absolute Gasteiger partial charge is 0.230 e. The Morgan fingerprint density at radius 1 is 1.04 bits per heavy atom. The number of likely N-dealkylation sites (tertiary alicyclic amines) is 1. The molecule has 0 aliphatic carbocycles. The number of halogens is 1. The monoisotopic (exact) mass is 432 g/mol. The van der Waals surface area contributed by atoms with Crippen molar-refractivity contribution in [3.05, 3.63) is 69.7 Å². The van der Waals surface area contributed by atoms with Crippen molar-refractivity contribution < 1.29 is 4.79 Å². The second-order valence-corrected chi connectivity index (χ2v) is 8.60. The van der Waals surface area contributed by atoms with E-state index >= 15 is 0 Å². The Morgan fingerprint density at radius 2 is 1.77 bits per heavy atom. The number of rotatable bonds is 8. The molecule has 26 heavy (non-hydrogen) atoms. The summed E-state index contributed by atoms with van der Waals surface area (Å²) in [5, 5.41) is 3.03. The third-order valence-corrected chi connectivity index (χ3v) is 6.03. The van der Waals surface area contributed by atoms with Crippen LogP contribution in [0.4, 0.5) is 0 Å². The molecule has 1 aliphatic rings. The van der Waals surface area contributed by atoms with E-state index in [0.717, 1.165) is 16.8 Å². The first-order valence-electron chi connectivity index (χ1n) is 9.08. The van der Waals surface area contributed by atoms with Crippen LogP contribution in [-0.4, -0.2) is 29.6 Å². The van der Waals surface area contributed by atoms with Gasteiger partial charge in [-0.2, -0.15) is 0 Å². The van der Waals surface area contributed by atoms with E-state index in [2.05, 4.69) is 62.5 Å². The molecule has 0 saturated carbocycles. The average Bonchev–Trinajstić information content (AvgIpc) is 3.15. The molecule has 1 saturated heterocycles. The molecule has 1 amide bonds. The van der Waals surface area contributed by atoms with E-state index in [-0.39, 0.29) is 5.91 Å². The van der Waals surface area contributed by atoms with Crippen LogP contribution in [-0.2, 0) is 23.6 Å². The van der Waals surface area contributed by atoms with Gasteiger partial charge in [-0.25, -0.2) is 0 Å². The zero-order chi connectivity index (χ0) is 18.2. The summed E-state index contributed by atoms with van der Waals surface area (Å²) in [6, 6.07) is 16.8. The van der Waals surface area contributed by atoms with E-state index in [9.17, 15) is 4.79 Å². The molecule has 1 fully saturated rings. The standard InChI is InChI=1S/C21H25BrN2OS/c22-20-8-6-17(7-9-20)15-26-16-21(25)23-13-18-4-3-5-19(12-18)14-24-10-1-2-11-24/h3-9,12H,1-2,10-11,13-16H2,(H,23,25). The summed E-state index contributed by atoms with van der Waals surface area (Å²) >= 11 is 5.08. The topological polar surface area (TPSA) is 32.3 Å². The molecule has 0 bridgehead atoms. The Kier molecular flexibility index (Phi) is 7.59. The van der Waals surface area contributed by atoms with Gasteiger partial charge < -0.3 is 5.32 Å². The lowest BCUT2D eigenvalue weighted by Crippen LogP contribution is -2.24. The van der Waals surface area contributed by atoms with Gasteiger partial charge in [-0.05, 0) is 54.8 Å². The van der Waals surface area contributed by atoms with Gasteiger partial charge in [-0.3, -0.25) is 9.69 Å². The Labute approximate surface area is 168 Å². The van der Waals surface area contributed by atoms with Gasteiger partial charge in [0.2, 0.25) is 5.91 Å². The van der Waals surface area contributed by atoms with Gasteiger partial charge in [0.05, 0.1) is 5.75 Å². The van der Waals surface area contributed by atoms with Crippen molar-refractivity contribution in [1.29, 1.82) is 0 Å². The Balaban J connectivity index is 1.39. The van der Waals surface area contributed by atoms with E-state index in [1.165, 1.54) is 42.6 Å². The van der Waals surface area contributed by atoms with Crippen molar-refractivity contribution in [1.82, 2.24) is 10.2 Å². The Hall–Kier alpha value is -1.30. The molecule has 0 unspecified atom stereocenters. The fourth-order valence-electron chi connectivity index (χ4n) is 3.13. The van der Waals surface area contributed by atoms with Crippen molar-refractivity contribution in [3.63, 3.8) is 0 Å². The van der Waals surface area contributed by atoms with Gasteiger partial charge in [-0.1, -0.05) is 52.3 Å². The van der Waals surface area contributed by atoms with Crippen LogP contribution in [0.2, 0.25) is 0 Å². The first-order valence-corrected chi connectivity index (χ1v) is 11.0. The molecule has 3 nitrogen and oxygen atoms in total. The van der Waals surface area contributed by atoms with Crippen molar-refractivity contribution >= 4 is 33.6 Å². The number of nitrogens with zero attached hydrogens (tertiary/aromatic N) is 1. The molecule has 1 aliphatic heterocycles. The number of thioether (sulfide) groups is 1. The van der Waals surface area contributed by atoms with Crippen LogP contribution >= 0.6 is 27.7 Å². The van der Waals surface area contributed by atoms with Crippen molar-refractivity contribution in [2.75, 3.05) is 18.8 Å². The number of hydrogen-bond donors (Lipinski definition) is 1. The number of benzene rings is 2. The molecule has 0 atom stereocenters. The van der Waals surface area contributed by atoms with Crippen LogP contribution in [0, 0.1) is 0 Å². The molecule has 138 valence electrons. The van der Waals surface area contributed by atoms with Crippen molar-refractivity contribution in [2.24, 2.45) is 0 Å². The summed E-state index contributed by atoms with van der Waals surface area (Å²) in [6.45, 7) is 4.03. The minimum absolute atomic E-state index is 0.0945. The first-order chi connectivity index (χ1) is 12.7. The zero-order valence-corrected chi connectivity index (χ0v) is 17.3. The van der Waals surface area contributed by atoms with Gasteiger partial charge in [0.1, 0.15) is 0 Å². The third kappa shape index (κ3) is 6.45. The molecule has 1 N–H and O–H groups in total. The highest BCUT2D eigenvalue weighted by molar-refractivity contribution is 9.10. The summed E-state index contributed by atoms with van der Waals surface area (Å²) < 4.78 is 1.08. The first kappa shape index (κ1) is 19.5. The molecule has 2 aromatic rings. The minimum Gasteiger partial charge on any atom is -0.351 e. The van der Waals surface area contributed by atoms with Crippen molar-refractivity contribution in [2.45, 2.75) is 31.7 Å². The average molecular weight is 433 g/mol. The molecule has 3 rings (SSSR count). The number of hydrogen-bond acceptors (Lipinski definition) is 3. The highest BCUT2D eigenvalue weighted by Gasteiger charge is 2.11. The number of nitrogens with one attached hydrogen (secondary N) is 1. The van der Waals surface area contributed by atoms with Crippen LogP contribution < -0.4 is 5.32 Å². The predicted octanol–water partition coefficient (Wildman–Crippen LogP) is 4.59. The molecular weight excluding hydrogens is 408 g/mol. The molecule has 0 radical (unpaired) electrons. The minimum atomic E-state index is 0.0945. The number of carbonyl (C=O) groups is 1. The molecular formula is C21H25BrN2OS. The van der Waals surface area contributed by atoms with Gasteiger partial charge in [0, 0.05) is 23.3 Å². The van der Waals surface area contributed by atoms with E-state index in [1.807, 2.05) is 12.1 Å². The van der Waals surface area contributed by atoms with Gasteiger partial charge in [0.15, 0.2) is 0 Å². The van der Waals surface area contributed by atoms with E-state index in [0.29, 0.717) is 12.3 Å². The van der Waals surface area contributed by atoms with Gasteiger partial charge >= 0.3 is 0 Å². The van der Waals surface area contributed by atoms with Crippen LogP contribution in [0.1, 0.15) is 29.5 Å². The van der Waals surface area contributed by atoms with E-state index < -0.39 is 0 Å². The van der Waals surface area contributed by atoms with Crippen LogP contribution in [0.5, 0.6) is 0 Å². The summed E-state index contributed by atoms with van der Waals surface area (Å²) in [5.74, 6) is 1.44. The molecule has 0 spiro atoms. The normalized spacial score (nSPS) is 14.5.